The summed E-state index contributed by atoms with van der Waals surface area (Å²) in [5.74, 6) is -3.94. The van der Waals surface area contributed by atoms with Crippen LogP contribution in [0.2, 0.25) is 0 Å². The van der Waals surface area contributed by atoms with Gasteiger partial charge >= 0.3 is 0 Å². The van der Waals surface area contributed by atoms with E-state index >= 15 is 0 Å². The molecule has 3 aromatic rings. The molecule has 2 atom stereocenters. The minimum absolute atomic E-state index is 0.0302. The molecule has 0 amide bonds. The third-order valence-corrected chi connectivity index (χ3v) is 5.45. The van der Waals surface area contributed by atoms with E-state index in [1.54, 1.807) is 0 Å². The summed E-state index contributed by atoms with van der Waals surface area (Å²) in [6.45, 7) is -2.32. The predicted octanol–water partition coefficient (Wildman–Crippen LogP) is 3.66. The largest absolute Gasteiger partial charge is 0.393 e. The van der Waals surface area contributed by atoms with Crippen molar-refractivity contribution in [3.63, 3.8) is 0 Å². The molecular formula is C21H23F3N6O2. The lowest BCUT2D eigenvalue weighted by molar-refractivity contribution is 0.126. The molecule has 0 radical (unpaired) electrons. The van der Waals surface area contributed by atoms with Gasteiger partial charge in [0.1, 0.15) is 17.0 Å². The number of hydrogen-bond acceptors (Lipinski definition) is 7. The third-order valence-electron chi connectivity index (χ3n) is 5.45. The van der Waals surface area contributed by atoms with Crippen molar-refractivity contribution in [2.75, 3.05) is 23.8 Å². The first-order valence-corrected chi connectivity index (χ1v) is 10.2. The Morgan fingerprint density at radius 1 is 1.16 bits per heavy atom. The summed E-state index contributed by atoms with van der Waals surface area (Å²) in [5.41, 5.74) is -0.786. The summed E-state index contributed by atoms with van der Waals surface area (Å²) in [5, 5.41) is 15.3. The van der Waals surface area contributed by atoms with Crippen molar-refractivity contribution in [3.8, 4) is 0 Å². The van der Waals surface area contributed by atoms with Gasteiger partial charge in [0.15, 0.2) is 17.3 Å². The molecule has 0 bridgehead atoms. The van der Waals surface area contributed by atoms with Gasteiger partial charge in [0.2, 0.25) is 11.9 Å². The monoisotopic (exact) mass is 452 g/mol. The summed E-state index contributed by atoms with van der Waals surface area (Å²) in [4.78, 5) is 12.8. The van der Waals surface area contributed by atoms with Crippen molar-refractivity contribution in [3.05, 3.63) is 35.8 Å². The maximum absolute atomic E-state index is 14.4. The quantitative estimate of drug-likeness (QED) is 0.544. The van der Waals surface area contributed by atoms with Gasteiger partial charge in [-0.05, 0) is 32.1 Å². The highest BCUT2D eigenvalue weighted by Crippen LogP contribution is 2.32. The first kappa shape index (κ1) is 16.7. The molecule has 2 unspecified atom stereocenters. The van der Waals surface area contributed by atoms with Crippen molar-refractivity contribution in [1.29, 1.82) is 0 Å². The lowest BCUT2D eigenvalue weighted by Crippen LogP contribution is -2.29. The number of nitrogens with one attached hydrogen (secondary N) is 2. The van der Waals surface area contributed by atoms with E-state index in [1.807, 2.05) is 0 Å². The van der Waals surface area contributed by atoms with Crippen LogP contribution >= 0.6 is 0 Å². The maximum atomic E-state index is 14.4. The number of aliphatic hydroxyl groups excluding tert-OH is 1. The van der Waals surface area contributed by atoms with Gasteiger partial charge in [-0.3, -0.25) is 4.57 Å². The van der Waals surface area contributed by atoms with Crippen molar-refractivity contribution in [2.45, 2.75) is 50.2 Å². The highest BCUT2D eigenvalue weighted by Gasteiger charge is 2.27. The molecule has 1 aliphatic heterocycles. The van der Waals surface area contributed by atoms with Gasteiger partial charge in [-0.25, -0.2) is 23.1 Å². The molecule has 1 aromatic carbocycles. The zero-order chi connectivity index (χ0) is 25.8. The Labute approximate surface area is 187 Å². The summed E-state index contributed by atoms with van der Waals surface area (Å²) in [7, 11) is 0. The number of aromatic nitrogens is 4. The van der Waals surface area contributed by atoms with Crippen molar-refractivity contribution < 1.29 is 28.5 Å². The normalized spacial score (nSPS) is 31.6. The Hall–Kier alpha value is -2.92. The van der Waals surface area contributed by atoms with Crippen LogP contribution in [-0.4, -0.2) is 50.0 Å². The molecular weight excluding hydrogens is 425 g/mol. The molecule has 1 saturated heterocycles. The van der Waals surface area contributed by atoms with Crippen molar-refractivity contribution >= 4 is 28.7 Å². The lowest BCUT2D eigenvalue weighted by atomic mass is 9.93. The summed E-state index contributed by atoms with van der Waals surface area (Å²) < 4.78 is 82.3. The van der Waals surface area contributed by atoms with Crippen LogP contribution in [-0.2, 0) is 4.74 Å². The van der Waals surface area contributed by atoms with E-state index in [0.29, 0.717) is 37.8 Å². The number of hydrogen-bond donors (Lipinski definition) is 3. The number of halogens is 3. The fraction of sp³-hybridized carbons (Fsp3) is 0.476. The summed E-state index contributed by atoms with van der Waals surface area (Å²) in [6, 6.07) is -1.57. The fourth-order valence-corrected chi connectivity index (χ4v) is 3.84. The van der Waals surface area contributed by atoms with Crippen LogP contribution in [0.3, 0.4) is 0 Å². The minimum atomic E-state index is -2.46. The van der Waals surface area contributed by atoms with Crippen LogP contribution in [0, 0.1) is 17.5 Å². The van der Waals surface area contributed by atoms with Crippen LogP contribution in [0.25, 0.3) is 11.2 Å². The second kappa shape index (κ2) is 8.55. The Kier molecular flexibility index (Phi) is 4.45. The molecule has 8 nitrogen and oxygen atoms in total. The number of ether oxygens (including phenoxy) is 1. The second-order valence-electron chi connectivity index (χ2n) is 7.68. The number of fused-ring (bicyclic) bond motifs is 1. The molecule has 11 heteroatoms. The number of benzene rings is 1. The molecule has 2 aliphatic rings. The smallest absolute Gasteiger partial charge is 0.224 e. The van der Waals surface area contributed by atoms with Crippen molar-refractivity contribution in [1.82, 2.24) is 19.5 Å². The molecule has 1 aliphatic carbocycles. The first-order chi connectivity index (χ1) is 17.0. The van der Waals surface area contributed by atoms with Gasteiger partial charge in [-0.15, -0.1) is 0 Å². The van der Waals surface area contributed by atoms with E-state index in [2.05, 4.69) is 25.6 Å². The lowest BCUT2D eigenvalue weighted by Gasteiger charge is -2.26. The van der Waals surface area contributed by atoms with Gasteiger partial charge in [0.25, 0.3) is 0 Å². The third kappa shape index (κ3) is 4.09. The van der Waals surface area contributed by atoms with E-state index < -0.39 is 54.7 Å². The highest BCUT2D eigenvalue weighted by molar-refractivity contribution is 5.76. The Bertz CT molecular complexity index is 1280. The summed E-state index contributed by atoms with van der Waals surface area (Å²) in [6.07, 6.45) is 1.08. The van der Waals surface area contributed by atoms with Crippen LogP contribution in [0.15, 0.2) is 18.3 Å². The second-order valence-corrected chi connectivity index (χ2v) is 7.68. The standard InChI is InChI=1S/C21H23F3N6O2/c22-11-7-15(23)18(16(24)8-11)28-21-27-17-9-25-20(26-12-1-3-14(31)4-2-12)29-19(17)30(21)13-5-6-32-10-13/h7-9,12-14,31H,1-6,10H2,(H,27,28)(H,25,26,29)/i5D2,10D,13D. The van der Waals surface area contributed by atoms with Crippen molar-refractivity contribution in [2.24, 2.45) is 0 Å². The number of imidazole rings is 1. The first-order valence-electron chi connectivity index (χ1n) is 12.2. The molecule has 2 aromatic heterocycles. The minimum Gasteiger partial charge on any atom is -0.393 e. The van der Waals surface area contributed by atoms with Gasteiger partial charge < -0.3 is 20.5 Å². The van der Waals surface area contributed by atoms with Crippen LogP contribution in [0.1, 0.15) is 43.6 Å². The highest BCUT2D eigenvalue weighted by atomic mass is 19.1. The average molecular weight is 452 g/mol. The zero-order valence-corrected chi connectivity index (χ0v) is 16.8. The zero-order valence-electron chi connectivity index (χ0n) is 20.8. The van der Waals surface area contributed by atoms with E-state index in [1.165, 1.54) is 6.20 Å². The van der Waals surface area contributed by atoms with Gasteiger partial charge in [-0.1, -0.05) is 0 Å². The Morgan fingerprint density at radius 2 is 1.91 bits per heavy atom. The van der Waals surface area contributed by atoms with E-state index in [4.69, 9.17) is 10.2 Å². The van der Waals surface area contributed by atoms with E-state index in [9.17, 15) is 18.3 Å². The summed E-state index contributed by atoms with van der Waals surface area (Å²) >= 11 is 0. The molecule has 3 N–H and O–H groups in total. The fourth-order valence-electron chi connectivity index (χ4n) is 3.84. The predicted molar refractivity (Wildman–Crippen MR) is 111 cm³/mol. The molecule has 3 heterocycles. The van der Waals surface area contributed by atoms with Gasteiger partial charge in [-0.2, -0.15) is 4.98 Å². The Morgan fingerprint density at radius 3 is 2.59 bits per heavy atom. The molecule has 0 spiro atoms. The molecule has 1 saturated carbocycles. The van der Waals surface area contributed by atoms with Gasteiger partial charge in [0, 0.05) is 27.5 Å². The maximum Gasteiger partial charge on any atom is 0.224 e. The van der Waals surface area contributed by atoms with E-state index in [0.717, 1.165) is 4.57 Å². The number of nitrogens with zero attached hydrogens (tertiary/aromatic N) is 4. The molecule has 5 rings (SSSR count). The van der Waals surface area contributed by atoms with E-state index in [-0.39, 0.29) is 29.3 Å². The van der Waals surface area contributed by atoms with Gasteiger partial charge in [0.05, 0.1) is 27.6 Å². The number of anilines is 3. The Balaban J connectivity index is 1.63. The topological polar surface area (TPSA) is 97.1 Å². The number of rotatable bonds is 5. The average Bonchev–Trinajstić information content (AvgIpc) is 3.27. The number of aliphatic hydroxyl groups is 1. The van der Waals surface area contributed by atoms with Crippen LogP contribution in [0.5, 0.6) is 0 Å². The SMILES string of the molecule is [2H]C1OCC([2H])([2H])C1([2H])n1c(Nc2c(F)cc(F)cc2F)nc2cnc(NC3CCC(O)CC3)nc21. The molecule has 32 heavy (non-hydrogen) atoms. The molecule has 2 fully saturated rings. The molecule has 170 valence electrons. The van der Waals surface area contributed by atoms with Crippen LogP contribution < -0.4 is 10.6 Å². The van der Waals surface area contributed by atoms with Crippen LogP contribution in [0.4, 0.5) is 30.8 Å².